The first-order chi connectivity index (χ1) is 10.7. The Morgan fingerprint density at radius 3 is 3.09 bits per heavy atom. The van der Waals surface area contributed by atoms with Crippen LogP contribution < -0.4 is 5.32 Å². The van der Waals surface area contributed by atoms with Gasteiger partial charge in [-0.15, -0.1) is 0 Å². The van der Waals surface area contributed by atoms with Gasteiger partial charge < -0.3 is 14.7 Å². The van der Waals surface area contributed by atoms with Crippen molar-refractivity contribution in [1.82, 2.24) is 15.4 Å². The third-order valence-electron chi connectivity index (χ3n) is 4.31. The van der Waals surface area contributed by atoms with Gasteiger partial charge in [-0.2, -0.15) is 0 Å². The Morgan fingerprint density at radius 2 is 2.18 bits per heavy atom. The van der Waals surface area contributed by atoms with Gasteiger partial charge in [-0.3, -0.25) is 9.59 Å². The Hall–Kier alpha value is -2.63. The summed E-state index contributed by atoms with van der Waals surface area (Å²) >= 11 is 0. The molecular weight excluding hydrogens is 282 g/mol. The van der Waals surface area contributed by atoms with Crippen molar-refractivity contribution in [3.63, 3.8) is 0 Å². The van der Waals surface area contributed by atoms with E-state index < -0.39 is 6.04 Å². The van der Waals surface area contributed by atoms with Gasteiger partial charge in [0, 0.05) is 30.5 Å². The van der Waals surface area contributed by atoms with Gasteiger partial charge in [0.25, 0.3) is 5.91 Å². The van der Waals surface area contributed by atoms with Crippen molar-refractivity contribution < 1.29 is 14.1 Å². The molecule has 22 heavy (non-hydrogen) atoms. The van der Waals surface area contributed by atoms with Gasteiger partial charge in [-0.1, -0.05) is 23.4 Å². The standard InChI is InChI=1S/C16H15N3O3/c20-15-12-4-2-1-3-10(12)7-14(17-15)16(21)19-6-5-13-11(8-19)9-22-18-13/h1-4,9,14H,5-8H2,(H,17,20)/t14-/m0/s1. The highest BCUT2D eigenvalue weighted by Crippen LogP contribution is 2.21. The first-order valence-electron chi connectivity index (χ1n) is 7.32. The molecule has 1 N–H and O–H groups in total. The first-order valence-corrected chi connectivity index (χ1v) is 7.32. The Labute approximate surface area is 127 Å². The van der Waals surface area contributed by atoms with Crippen LogP contribution in [0.1, 0.15) is 27.2 Å². The van der Waals surface area contributed by atoms with Gasteiger partial charge in [-0.25, -0.2) is 0 Å². The average Bonchev–Trinajstić information content (AvgIpc) is 3.01. The van der Waals surface area contributed by atoms with Gasteiger partial charge in [0.1, 0.15) is 12.3 Å². The fraction of sp³-hybridized carbons (Fsp3) is 0.312. The predicted octanol–water partition coefficient (Wildman–Crippen LogP) is 0.914. The number of amides is 2. The highest BCUT2D eigenvalue weighted by Gasteiger charge is 2.33. The Morgan fingerprint density at radius 1 is 1.32 bits per heavy atom. The molecule has 2 aliphatic rings. The molecule has 0 aliphatic carbocycles. The topological polar surface area (TPSA) is 75.4 Å². The lowest BCUT2D eigenvalue weighted by molar-refractivity contribution is -0.134. The van der Waals surface area contributed by atoms with E-state index in [0.29, 0.717) is 31.5 Å². The Kier molecular flexibility index (Phi) is 2.96. The van der Waals surface area contributed by atoms with Crippen molar-refractivity contribution in [2.24, 2.45) is 0 Å². The molecule has 1 atom stereocenters. The number of hydrogen-bond donors (Lipinski definition) is 1. The summed E-state index contributed by atoms with van der Waals surface area (Å²) in [6.07, 6.45) is 2.81. The van der Waals surface area contributed by atoms with Crippen molar-refractivity contribution in [1.29, 1.82) is 0 Å². The van der Waals surface area contributed by atoms with Crippen LogP contribution in [0.2, 0.25) is 0 Å². The zero-order chi connectivity index (χ0) is 15.1. The summed E-state index contributed by atoms with van der Waals surface area (Å²) in [5.74, 6) is -0.224. The van der Waals surface area contributed by atoms with E-state index in [0.717, 1.165) is 16.8 Å². The first kappa shape index (κ1) is 13.1. The largest absolute Gasteiger partial charge is 0.364 e. The average molecular weight is 297 g/mol. The zero-order valence-corrected chi connectivity index (χ0v) is 11.9. The fourth-order valence-corrected chi connectivity index (χ4v) is 3.12. The van der Waals surface area contributed by atoms with Gasteiger partial charge >= 0.3 is 0 Å². The van der Waals surface area contributed by atoms with E-state index in [1.165, 1.54) is 0 Å². The summed E-state index contributed by atoms with van der Waals surface area (Å²) in [7, 11) is 0. The molecule has 0 saturated heterocycles. The van der Waals surface area contributed by atoms with Crippen LogP contribution in [0, 0.1) is 0 Å². The lowest BCUT2D eigenvalue weighted by atomic mass is 9.94. The summed E-state index contributed by atoms with van der Waals surface area (Å²) in [5, 5.41) is 6.74. The van der Waals surface area contributed by atoms with Crippen molar-refractivity contribution in [2.45, 2.75) is 25.4 Å². The third-order valence-corrected chi connectivity index (χ3v) is 4.31. The number of hydrogen-bond acceptors (Lipinski definition) is 4. The number of carbonyl (C=O) groups is 2. The highest BCUT2D eigenvalue weighted by molar-refractivity contribution is 6.00. The molecular formula is C16H15N3O3. The van der Waals surface area contributed by atoms with Crippen LogP contribution >= 0.6 is 0 Å². The smallest absolute Gasteiger partial charge is 0.252 e. The second-order valence-electron chi connectivity index (χ2n) is 5.68. The minimum Gasteiger partial charge on any atom is -0.364 e. The van der Waals surface area contributed by atoms with Crippen LogP contribution in [0.5, 0.6) is 0 Å². The maximum Gasteiger partial charge on any atom is 0.252 e. The molecule has 0 saturated carbocycles. The molecule has 0 radical (unpaired) electrons. The number of benzene rings is 1. The molecule has 0 fully saturated rings. The molecule has 0 bridgehead atoms. The summed E-state index contributed by atoms with van der Waals surface area (Å²) in [4.78, 5) is 26.6. The van der Waals surface area contributed by atoms with Crippen molar-refractivity contribution in [3.05, 3.63) is 52.9 Å². The van der Waals surface area contributed by atoms with E-state index in [-0.39, 0.29) is 11.8 Å². The lowest BCUT2D eigenvalue weighted by Gasteiger charge is -2.32. The molecule has 2 aromatic rings. The molecule has 1 aromatic carbocycles. The second-order valence-corrected chi connectivity index (χ2v) is 5.68. The van der Waals surface area contributed by atoms with Gasteiger partial charge in [0.2, 0.25) is 5.91 Å². The van der Waals surface area contributed by atoms with Crippen LogP contribution in [-0.2, 0) is 24.2 Å². The molecule has 3 heterocycles. The quantitative estimate of drug-likeness (QED) is 0.849. The number of rotatable bonds is 1. The molecule has 0 spiro atoms. The van der Waals surface area contributed by atoms with Gasteiger partial charge in [0.15, 0.2) is 0 Å². The maximum atomic E-state index is 12.7. The minimum atomic E-state index is -0.496. The number of fused-ring (bicyclic) bond motifs is 2. The van der Waals surface area contributed by atoms with Crippen LogP contribution in [-0.4, -0.2) is 34.5 Å². The van der Waals surface area contributed by atoms with E-state index in [9.17, 15) is 9.59 Å². The molecule has 6 heteroatoms. The summed E-state index contributed by atoms with van der Waals surface area (Å²) in [6.45, 7) is 1.10. The Bertz CT molecular complexity index is 753. The molecule has 6 nitrogen and oxygen atoms in total. The summed E-state index contributed by atoms with van der Waals surface area (Å²) < 4.78 is 4.95. The predicted molar refractivity (Wildman–Crippen MR) is 77.0 cm³/mol. The molecule has 2 aliphatic heterocycles. The van der Waals surface area contributed by atoms with Crippen LogP contribution in [0.4, 0.5) is 0 Å². The van der Waals surface area contributed by atoms with Crippen molar-refractivity contribution in [2.75, 3.05) is 6.54 Å². The zero-order valence-electron chi connectivity index (χ0n) is 11.9. The second kappa shape index (κ2) is 4.98. The number of aromatic nitrogens is 1. The van der Waals surface area contributed by atoms with Crippen LogP contribution in [0.3, 0.4) is 0 Å². The van der Waals surface area contributed by atoms with Crippen molar-refractivity contribution in [3.8, 4) is 0 Å². The molecule has 2 amide bonds. The summed E-state index contributed by atoms with van der Waals surface area (Å²) in [5.41, 5.74) is 3.45. The van der Waals surface area contributed by atoms with E-state index in [2.05, 4.69) is 10.5 Å². The van der Waals surface area contributed by atoms with E-state index >= 15 is 0 Å². The molecule has 0 unspecified atom stereocenters. The SMILES string of the molecule is O=C1N[C@H](C(=O)N2CCc3nocc3C2)Cc2ccccc21. The molecule has 112 valence electrons. The van der Waals surface area contributed by atoms with Gasteiger partial charge in [0.05, 0.1) is 12.2 Å². The number of nitrogens with zero attached hydrogens (tertiary/aromatic N) is 2. The number of carbonyl (C=O) groups excluding carboxylic acids is 2. The normalized spacial score (nSPS) is 20.1. The van der Waals surface area contributed by atoms with E-state index in [1.54, 1.807) is 17.2 Å². The van der Waals surface area contributed by atoms with Gasteiger partial charge in [-0.05, 0) is 11.6 Å². The fourth-order valence-electron chi connectivity index (χ4n) is 3.12. The molecule has 4 rings (SSSR count). The lowest BCUT2D eigenvalue weighted by Crippen LogP contribution is -2.53. The molecule has 1 aromatic heterocycles. The van der Waals surface area contributed by atoms with Crippen molar-refractivity contribution >= 4 is 11.8 Å². The maximum absolute atomic E-state index is 12.7. The Balaban J connectivity index is 1.54. The monoisotopic (exact) mass is 297 g/mol. The summed E-state index contributed by atoms with van der Waals surface area (Å²) in [6, 6.07) is 6.92. The van der Waals surface area contributed by atoms with Crippen LogP contribution in [0.15, 0.2) is 35.1 Å². The third kappa shape index (κ3) is 2.07. The van der Waals surface area contributed by atoms with Crippen LogP contribution in [0.25, 0.3) is 0 Å². The van der Waals surface area contributed by atoms with E-state index in [4.69, 9.17) is 4.52 Å². The number of nitrogens with one attached hydrogen (secondary N) is 1. The minimum absolute atomic E-state index is 0.0466. The highest BCUT2D eigenvalue weighted by atomic mass is 16.5. The van der Waals surface area contributed by atoms with E-state index in [1.807, 2.05) is 18.2 Å².